The SMILES string of the molecule is Cc1c(Br)cccc1Nc1nc[nH]c(=O)c1I. The van der Waals surface area contributed by atoms with E-state index in [-0.39, 0.29) is 5.56 Å². The Balaban J connectivity index is 2.42. The van der Waals surface area contributed by atoms with E-state index in [1.165, 1.54) is 6.33 Å². The monoisotopic (exact) mass is 405 g/mol. The molecule has 1 heterocycles. The Hall–Kier alpha value is -0.890. The molecule has 0 atom stereocenters. The minimum Gasteiger partial charge on any atom is -0.339 e. The summed E-state index contributed by atoms with van der Waals surface area (Å²) in [6.07, 6.45) is 1.39. The van der Waals surface area contributed by atoms with Crippen LogP contribution in [0.15, 0.2) is 33.8 Å². The first kappa shape index (κ1) is 12.6. The summed E-state index contributed by atoms with van der Waals surface area (Å²) in [4.78, 5) is 18.1. The molecule has 0 spiro atoms. The standard InChI is InChI=1S/C11H9BrIN3O/c1-6-7(12)3-2-4-8(6)16-10-9(13)11(17)15-5-14-10/h2-5H,1H3,(H2,14,15,16,17). The van der Waals surface area contributed by atoms with Gasteiger partial charge < -0.3 is 10.3 Å². The summed E-state index contributed by atoms with van der Waals surface area (Å²) in [6.45, 7) is 1.99. The molecule has 1 aromatic carbocycles. The third-order valence-corrected chi connectivity index (χ3v) is 4.18. The van der Waals surface area contributed by atoms with Gasteiger partial charge in [-0.25, -0.2) is 4.98 Å². The quantitative estimate of drug-likeness (QED) is 0.754. The molecule has 2 N–H and O–H groups in total. The topological polar surface area (TPSA) is 57.8 Å². The molecule has 0 saturated heterocycles. The zero-order valence-electron chi connectivity index (χ0n) is 8.92. The fraction of sp³-hybridized carbons (Fsp3) is 0.0909. The van der Waals surface area contributed by atoms with Crippen molar-refractivity contribution in [2.75, 3.05) is 5.32 Å². The smallest absolute Gasteiger partial charge is 0.266 e. The van der Waals surface area contributed by atoms with E-state index in [1.807, 2.05) is 47.7 Å². The Kier molecular flexibility index (Phi) is 3.82. The molecule has 0 amide bonds. The highest BCUT2D eigenvalue weighted by atomic mass is 127. The lowest BCUT2D eigenvalue weighted by Crippen LogP contribution is -2.13. The molecular formula is C11H9BrIN3O. The van der Waals surface area contributed by atoms with Gasteiger partial charge in [-0.1, -0.05) is 22.0 Å². The molecule has 0 saturated carbocycles. The van der Waals surface area contributed by atoms with Gasteiger partial charge in [0.25, 0.3) is 5.56 Å². The Morgan fingerprint density at radius 1 is 1.47 bits per heavy atom. The number of hydrogen-bond donors (Lipinski definition) is 2. The number of halogens is 2. The molecule has 0 fully saturated rings. The van der Waals surface area contributed by atoms with Gasteiger partial charge in [-0.15, -0.1) is 0 Å². The second kappa shape index (κ2) is 5.18. The van der Waals surface area contributed by atoms with E-state index in [1.54, 1.807) is 0 Å². The van der Waals surface area contributed by atoms with Crippen molar-refractivity contribution < 1.29 is 0 Å². The molecule has 2 aromatic rings. The number of nitrogens with one attached hydrogen (secondary N) is 2. The Morgan fingerprint density at radius 2 is 2.24 bits per heavy atom. The molecule has 0 aliphatic heterocycles. The Bertz CT molecular complexity index is 612. The van der Waals surface area contributed by atoms with Crippen LogP contribution < -0.4 is 10.9 Å². The van der Waals surface area contributed by atoms with Gasteiger partial charge in [-0.3, -0.25) is 4.79 Å². The van der Waals surface area contributed by atoms with Gasteiger partial charge in [0.1, 0.15) is 3.57 Å². The third-order valence-electron chi connectivity index (χ3n) is 2.32. The van der Waals surface area contributed by atoms with Crippen molar-refractivity contribution in [3.05, 3.63) is 48.5 Å². The minimum absolute atomic E-state index is 0.143. The van der Waals surface area contributed by atoms with Crippen molar-refractivity contribution in [3.63, 3.8) is 0 Å². The van der Waals surface area contributed by atoms with Crippen LogP contribution in [0, 0.1) is 10.5 Å². The molecule has 0 aliphatic rings. The normalized spacial score (nSPS) is 10.3. The number of nitrogens with zero attached hydrogens (tertiary/aromatic N) is 1. The van der Waals surface area contributed by atoms with Crippen LogP contribution >= 0.6 is 38.5 Å². The van der Waals surface area contributed by atoms with Gasteiger partial charge in [-0.2, -0.15) is 0 Å². The van der Waals surface area contributed by atoms with Crippen LogP contribution in [0.5, 0.6) is 0 Å². The van der Waals surface area contributed by atoms with Crippen molar-refractivity contribution >= 4 is 50.0 Å². The maximum absolute atomic E-state index is 11.4. The van der Waals surface area contributed by atoms with Crippen molar-refractivity contribution in [2.45, 2.75) is 6.92 Å². The van der Waals surface area contributed by atoms with Crippen molar-refractivity contribution in [1.29, 1.82) is 0 Å². The molecule has 2 rings (SSSR count). The Morgan fingerprint density at radius 3 is 3.00 bits per heavy atom. The lowest BCUT2D eigenvalue weighted by Gasteiger charge is -2.10. The van der Waals surface area contributed by atoms with Gasteiger partial charge in [0.15, 0.2) is 5.82 Å². The molecule has 0 unspecified atom stereocenters. The molecular weight excluding hydrogens is 397 g/mol. The fourth-order valence-corrected chi connectivity index (χ4v) is 2.14. The Labute approximate surface area is 120 Å². The van der Waals surface area contributed by atoms with Crippen LogP contribution in [-0.4, -0.2) is 9.97 Å². The molecule has 4 nitrogen and oxygen atoms in total. The number of hydrogen-bond acceptors (Lipinski definition) is 3. The molecule has 0 bridgehead atoms. The first-order valence-corrected chi connectivity index (χ1v) is 6.72. The molecule has 17 heavy (non-hydrogen) atoms. The highest BCUT2D eigenvalue weighted by molar-refractivity contribution is 14.1. The minimum atomic E-state index is -0.143. The molecule has 0 aliphatic carbocycles. The van der Waals surface area contributed by atoms with E-state index in [9.17, 15) is 4.79 Å². The lowest BCUT2D eigenvalue weighted by atomic mass is 10.2. The van der Waals surface area contributed by atoms with Crippen LogP contribution in [-0.2, 0) is 0 Å². The average Bonchev–Trinajstić information content (AvgIpc) is 2.31. The lowest BCUT2D eigenvalue weighted by molar-refractivity contribution is 1.10. The number of benzene rings is 1. The number of anilines is 2. The second-order valence-electron chi connectivity index (χ2n) is 3.43. The van der Waals surface area contributed by atoms with E-state index >= 15 is 0 Å². The van der Waals surface area contributed by atoms with E-state index in [0.29, 0.717) is 9.39 Å². The number of aromatic nitrogens is 2. The van der Waals surface area contributed by atoms with Crippen molar-refractivity contribution in [1.82, 2.24) is 9.97 Å². The van der Waals surface area contributed by atoms with Crippen molar-refractivity contribution in [2.24, 2.45) is 0 Å². The van der Waals surface area contributed by atoms with E-state index in [4.69, 9.17) is 0 Å². The summed E-state index contributed by atoms with van der Waals surface area (Å²) in [5.41, 5.74) is 1.86. The first-order valence-electron chi connectivity index (χ1n) is 4.85. The molecule has 1 aromatic heterocycles. The summed E-state index contributed by atoms with van der Waals surface area (Å²) in [6, 6.07) is 5.84. The zero-order chi connectivity index (χ0) is 12.4. The molecule has 88 valence electrons. The van der Waals surface area contributed by atoms with Crippen LogP contribution in [0.25, 0.3) is 0 Å². The summed E-state index contributed by atoms with van der Waals surface area (Å²) >= 11 is 5.43. The predicted octanol–water partition coefficient (Wildman–Crippen LogP) is 3.19. The third kappa shape index (κ3) is 2.68. The van der Waals surface area contributed by atoms with Gasteiger partial charge in [0.05, 0.1) is 6.33 Å². The van der Waals surface area contributed by atoms with Crippen LogP contribution in [0.2, 0.25) is 0 Å². The van der Waals surface area contributed by atoms with Gasteiger partial charge in [-0.05, 0) is 47.2 Å². The number of aromatic amines is 1. The average molecular weight is 406 g/mol. The van der Waals surface area contributed by atoms with Crippen LogP contribution in [0.1, 0.15) is 5.56 Å². The number of rotatable bonds is 2. The van der Waals surface area contributed by atoms with E-state index in [0.717, 1.165) is 15.7 Å². The van der Waals surface area contributed by atoms with Crippen molar-refractivity contribution in [3.8, 4) is 0 Å². The summed E-state index contributed by atoms with van der Waals surface area (Å²) < 4.78 is 1.56. The van der Waals surface area contributed by atoms with Crippen LogP contribution in [0.4, 0.5) is 11.5 Å². The second-order valence-corrected chi connectivity index (χ2v) is 5.36. The summed E-state index contributed by atoms with van der Waals surface area (Å²) in [5, 5.41) is 3.15. The highest BCUT2D eigenvalue weighted by Gasteiger charge is 2.07. The summed E-state index contributed by atoms with van der Waals surface area (Å²) in [7, 11) is 0. The van der Waals surface area contributed by atoms with Gasteiger partial charge >= 0.3 is 0 Å². The van der Waals surface area contributed by atoms with Crippen LogP contribution in [0.3, 0.4) is 0 Å². The largest absolute Gasteiger partial charge is 0.339 e. The summed E-state index contributed by atoms with van der Waals surface area (Å²) in [5.74, 6) is 0.565. The molecule has 0 radical (unpaired) electrons. The zero-order valence-corrected chi connectivity index (χ0v) is 12.7. The fourth-order valence-electron chi connectivity index (χ4n) is 1.34. The maximum Gasteiger partial charge on any atom is 0.266 e. The number of H-pyrrole nitrogens is 1. The first-order chi connectivity index (χ1) is 8.09. The van der Waals surface area contributed by atoms with E-state index in [2.05, 4.69) is 31.2 Å². The predicted molar refractivity (Wildman–Crippen MR) is 79.7 cm³/mol. The maximum atomic E-state index is 11.4. The highest BCUT2D eigenvalue weighted by Crippen LogP contribution is 2.26. The van der Waals surface area contributed by atoms with Gasteiger partial charge in [0, 0.05) is 10.2 Å². The van der Waals surface area contributed by atoms with Gasteiger partial charge in [0.2, 0.25) is 0 Å². The van der Waals surface area contributed by atoms with E-state index < -0.39 is 0 Å². The molecule has 6 heteroatoms.